The van der Waals surface area contributed by atoms with Crippen LogP contribution in [0.25, 0.3) is 11.0 Å². The van der Waals surface area contributed by atoms with Gasteiger partial charge in [-0.1, -0.05) is 6.07 Å². The molecule has 0 aliphatic carbocycles. The molecule has 2 fully saturated rings. The predicted molar refractivity (Wildman–Crippen MR) is 109 cm³/mol. The SMILES string of the molecule is COc1ccc(C2CCOCC2)c2ncc(CC(=O)N3CCC(C)(O)CC3)nc12. The Morgan fingerprint density at radius 3 is 2.69 bits per heavy atom. The molecule has 2 saturated heterocycles. The molecular weight excluding hydrogens is 370 g/mol. The zero-order valence-electron chi connectivity index (χ0n) is 17.2. The molecule has 1 aromatic carbocycles. The lowest BCUT2D eigenvalue weighted by Gasteiger charge is -2.35. The Kier molecular flexibility index (Phi) is 5.69. The summed E-state index contributed by atoms with van der Waals surface area (Å²) in [7, 11) is 1.63. The van der Waals surface area contributed by atoms with Gasteiger partial charge in [-0.25, -0.2) is 4.98 Å². The molecular formula is C22H29N3O4. The van der Waals surface area contributed by atoms with Crippen LogP contribution in [0.5, 0.6) is 5.75 Å². The monoisotopic (exact) mass is 399 g/mol. The van der Waals surface area contributed by atoms with E-state index in [1.165, 1.54) is 5.56 Å². The van der Waals surface area contributed by atoms with Crippen molar-refractivity contribution < 1.29 is 19.4 Å². The molecule has 1 aromatic heterocycles. The van der Waals surface area contributed by atoms with Crippen LogP contribution >= 0.6 is 0 Å². The molecule has 2 aliphatic heterocycles. The van der Waals surface area contributed by atoms with E-state index in [9.17, 15) is 9.90 Å². The van der Waals surface area contributed by atoms with Crippen molar-refractivity contribution in [1.82, 2.24) is 14.9 Å². The third kappa shape index (κ3) is 4.36. The molecule has 0 unspecified atom stereocenters. The van der Waals surface area contributed by atoms with E-state index in [1.54, 1.807) is 18.2 Å². The number of hydrogen-bond donors (Lipinski definition) is 1. The minimum atomic E-state index is -0.673. The van der Waals surface area contributed by atoms with E-state index >= 15 is 0 Å². The van der Waals surface area contributed by atoms with Gasteiger partial charge in [0.05, 0.1) is 30.3 Å². The second-order valence-corrected chi connectivity index (χ2v) is 8.36. The Balaban J connectivity index is 1.57. The average Bonchev–Trinajstić information content (AvgIpc) is 2.73. The highest BCUT2D eigenvalue weighted by molar-refractivity contribution is 5.85. The van der Waals surface area contributed by atoms with Gasteiger partial charge in [-0.2, -0.15) is 0 Å². The summed E-state index contributed by atoms with van der Waals surface area (Å²) in [5.74, 6) is 1.10. The maximum absolute atomic E-state index is 12.7. The first-order valence-electron chi connectivity index (χ1n) is 10.4. The summed E-state index contributed by atoms with van der Waals surface area (Å²) in [6.45, 7) is 4.50. The van der Waals surface area contributed by atoms with Crippen molar-refractivity contribution in [3.63, 3.8) is 0 Å². The maximum atomic E-state index is 12.7. The van der Waals surface area contributed by atoms with Gasteiger partial charge in [0.2, 0.25) is 5.91 Å². The first-order valence-corrected chi connectivity index (χ1v) is 10.4. The molecule has 0 bridgehead atoms. The van der Waals surface area contributed by atoms with Gasteiger partial charge in [-0.15, -0.1) is 0 Å². The zero-order valence-corrected chi connectivity index (χ0v) is 17.2. The minimum absolute atomic E-state index is 0.0219. The fraction of sp³-hybridized carbons (Fsp3) is 0.591. The Labute approximate surface area is 171 Å². The van der Waals surface area contributed by atoms with Crippen LogP contribution in [0.4, 0.5) is 0 Å². The molecule has 0 radical (unpaired) electrons. The number of methoxy groups -OCH3 is 1. The second kappa shape index (κ2) is 8.24. The molecule has 156 valence electrons. The molecule has 7 nitrogen and oxygen atoms in total. The summed E-state index contributed by atoms with van der Waals surface area (Å²) in [4.78, 5) is 24.0. The lowest BCUT2D eigenvalue weighted by atomic mass is 9.90. The van der Waals surface area contributed by atoms with Crippen LogP contribution in [-0.2, 0) is 16.0 Å². The molecule has 2 aliphatic rings. The fourth-order valence-corrected chi connectivity index (χ4v) is 4.22. The number of aliphatic hydroxyl groups is 1. The van der Waals surface area contributed by atoms with E-state index < -0.39 is 5.60 Å². The van der Waals surface area contributed by atoms with Gasteiger partial charge in [0, 0.05) is 32.5 Å². The van der Waals surface area contributed by atoms with Crippen molar-refractivity contribution in [3.8, 4) is 5.75 Å². The number of amides is 1. The van der Waals surface area contributed by atoms with Gasteiger partial charge in [-0.05, 0) is 50.2 Å². The highest BCUT2D eigenvalue weighted by atomic mass is 16.5. The molecule has 1 amide bonds. The van der Waals surface area contributed by atoms with E-state index in [0.717, 1.165) is 31.6 Å². The molecule has 7 heteroatoms. The summed E-state index contributed by atoms with van der Waals surface area (Å²) in [5, 5.41) is 10.1. The third-order valence-electron chi connectivity index (χ3n) is 6.15. The number of carbonyl (C=O) groups excluding carboxylic acids is 1. The van der Waals surface area contributed by atoms with Crippen LogP contribution in [0, 0.1) is 0 Å². The van der Waals surface area contributed by atoms with E-state index in [1.807, 2.05) is 13.0 Å². The normalized spacial score (nSPS) is 20.0. The quantitative estimate of drug-likeness (QED) is 0.850. The zero-order chi connectivity index (χ0) is 20.4. The van der Waals surface area contributed by atoms with Crippen molar-refractivity contribution in [3.05, 3.63) is 29.6 Å². The summed E-state index contributed by atoms with van der Waals surface area (Å²) >= 11 is 0. The average molecular weight is 399 g/mol. The van der Waals surface area contributed by atoms with Crippen LogP contribution in [0.1, 0.15) is 49.8 Å². The molecule has 0 saturated carbocycles. The van der Waals surface area contributed by atoms with Gasteiger partial charge in [0.25, 0.3) is 0 Å². The molecule has 1 N–H and O–H groups in total. The van der Waals surface area contributed by atoms with Crippen LogP contribution in [-0.4, -0.2) is 64.9 Å². The molecule has 0 atom stereocenters. The first kappa shape index (κ1) is 20.0. The number of hydrogen-bond acceptors (Lipinski definition) is 6. The number of ether oxygens (including phenoxy) is 2. The highest BCUT2D eigenvalue weighted by Crippen LogP contribution is 2.34. The van der Waals surface area contributed by atoms with Gasteiger partial charge in [0.15, 0.2) is 0 Å². The number of carbonyl (C=O) groups is 1. The molecule has 3 heterocycles. The minimum Gasteiger partial charge on any atom is -0.494 e. The number of likely N-dealkylation sites (tertiary alicyclic amines) is 1. The van der Waals surface area contributed by atoms with Gasteiger partial charge >= 0.3 is 0 Å². The van der Waals surface area contributed by atoms with Crippen molar-refractivity contribution >= 4 is 16.9 Å². The number of fused-ring (bicyclic) bond motifs is 1. The number of benzene rings is 1. The van der Waals surface area contributed by atoms with E-state index in [-0.39, 0.29) is 12.3 Å². The first-order chi connectivity index (χ1) is 14.0. The van der Waals surface area contributed by atoms with Crippen molar-refractivity contribution in [1.29, 1.82) is 0 Å². The van der Waals surface area contributed by atoms with Gasteiger partial charge in [-0.3, -0.25) is 9.78 Å². The number of aromatic nitrogens is 2. The van der Waals surface area contributed by atoms with Crippen molar-refractivity contribution in [2.45, 2.75) is 50.5 Å². The molecule has 2 aromatic rings. The van der Waals surface area contributed by atoms with E-state index in [0.29, 0.717) is 48.8 Å². The van der Waals surface area contributed by atoms with Crippen molar-refractivity contribution in [2.75, 3.05) is 33.4 Å². The molecule has 29 heavy (non-hydrogen) atoms. The highest BCUT2D eigenvalue weighted by Gasteiger charge is 2.29. The Hall–Kier alpha value is -2.25. The van der Waals surface area contributed by atoms with E-state index in [2.05, 4.69) is 6.07 Å². The van der Waals surface area contributed by atoms with Crippen LogP contribution < -0.4 is 4.74 Å². The summed E-state index contributed by atoms with van der Waals surface area (Å²) < 4.78 is 11.0. The second-order valence-electron chi connectivity index (χ2n) is 8.36. The van der Waals surface area contributed by atoms with Crippen LogP contribution in [0.2, 0.25) is 0 Å². The smallest absolute Gasteiger partial charge is 0.228 e. The summed E-state index contributed by atoms with van der Waals surface area (Å²) in [6, 6.07) is 4.02. The lowest BCUT2D eigenvalue weighted by Crippen LogP contribution is -2.45. The summed E-state index contributed by atoms with van der Waals surface area (Å²) in [5.41, 5.74) is 2.70. The van der Waals surface area contributed by atoms with Crippen LogP contribution in [0.15, 0.2) is 18.3 Å². The van der Waals surface area contributed by atoms with Gasteiger partial charge < -0.3 is 19.5 Å². The predicted octanol–water partition coefficient (Wildman–Crippen LogP) is 2.45. The van der Waals surface area contributed by atoms with Crippen molar-refractivity contribution in [2.24, 2.45) is 0 Å². The van der Waals surface area contributed by atoms with Gasteiger partial charge in [0.1, 0.15) is 11.3 Å². The third-order valence-corrected chi connectivity index (χ3v) is 6.15. The maximum Gasteiger partial charge on any atom is 0.228 e. The largest absolute Gasteiger partial charge is 0.494 e. The Bertz CT molecular complexity index is 883. The number of piperidine rings is 1. The fourth-order valence-electron chi connectivity index (χ4n) is 4.22. The molecule has 0 spiro atoms. The Morgan fingerprint density at radius 1 is 1.28 bits per heavy atom. The number of rotatable bonds is 4. The topological polar surface area (TPSA) is 84.8 Å². The van der Waals surface area contributed by atoms with E-state index in [4.69, 9.17) is 19.4 Å². The standard InChI is InChI=1S/C22H29N3O4/c1-22(27)7-9-25(10-8-22)19(26)13-16-14-23-20-17(15-5-11-29-12-6-15)3-4-18(28-2)21(20)24-16/h3-4,14-15,27H,5-13H2,1-2H3. The number of nitrogens with zero attached hydrogens (tertiary/aromatic N) is 3. The lowest BCUT2D eigenvalue weighted by molar-refractivity contribution is -0.134. The van der Waals surface area contributed by atoms with Crippen LogP contribution in [0.3, 0.4) is 0 Å². The summed E-state index contributed by atoms with van der Waals surface area (Å²) in [6.07, 6.45) is 5.07. The Morgan fingerprint density at radius 2 is 2.00 bits per heavy atom. The molecule has 4 rings (SSSR count).